The molecule has 1 aromatic rings. The zero-order chi connectivity index (χ0) is 10.7. The van der Waals surface area contributed by atoms with Crippen molar-refractivity contribution in [2.45, 2.75) is 25.0 Å². The molecule has 0 aliphatic heterocycles. The summed E-state index contributed by atoms with van der Waals surface area (Å²) < 4.78 is 10.4. The summed E-state index contributed by atoms with van der Waals surface area (Å²) in [5.74, 6) is 0. The Hall–Kier alpha value is -0.900. The summed E-state index contributed by atoms with van der Waals surface area (Å²) in [7, 11) is 1.58. The molecule has 3 nitrogen and oxygen atoms in total. The topological polar surface area (TPSA) is 38.7 Å². The number of hydrogen-bond donors (Lipinski definition) is 1. The molecule has 0 unspecified atom stereocenters. The Bertz CT molecular complexity index is 324. The summed E-state index contributed by atoms with van der Waals surface area (Å²) in [6.07, 6.45) is 1.01. The van der Waals surface area contributed by atoms with E-state index in [0.29, 0.717) is 0 Å². The van der Waals surface area contributed by atoms with E-state index in [-0.39, 0.29) is 12.9 Å². The second kappa shape index (κ2) is 4.75. The van der Waals surface area contributed by atoms with Crippen LogP contribution < -0.4 is 0 Å². The van der Waals surface area contributed by atoms with Crippen molar-refractivity contribution in [2.75, 3.05) is 13.9 Å². The summed E-state index contributed by atoms with van der Waals surface area (Å²) in [5.41, 5.74) is 2.36. The highest BCUT2D eigenvalue weighted by atomic mass is 16.7. The molecule has 15 heavy (non-hydrogen) atoms. The highest BCUT2D eigenvalue weighted by molar-refractivity contribution is 5.32. The molecule has 1 aliphatic rings. The van der Waals surface area contributed by atoms with Crippen molar-refractivity contribution in [1.29, 1.82) is 0 Å². The largest absolute Gasteiger partial charge is 0.390 e. The van der Waals surface area contributed by atoms with Crippen LogP contribution >= 0.6 is 0 Å². The quantitative estimate of drug-likeness (QED) is 0.768. The monoisotopic (exact) mass is 208 g/mol. The maximum absolute atomic E-state index is 9.86. The van der Waals surface area contributed by atoms with Gasteiger partial charge in [0.2, 0.25) is 0 Å². The Morgan fingerprint density at radius 1 is 1.40 bits per heavy atom. The number of aryl methyl sites for hydroxylation is 1. The number of aliphatic hydroxyl groups excluding tert-OH is 1. The average molecular weight is 208 g/mol. The normalized spacial score (nSPS) is 24.9. The summed E-state index contributed by atoms with van der Waals surface area (Å²) in [6.45, 7) is 0.218. The molecule has 0 heterocycles. The first-order valence-electron chi connectivity index (χ1n) is 5.19. The van der Waals surface area contributed by atoms with Crippen LogP contribution in [-0.2, 0) is 15.9 Å². The van der Waals surface area contributed by atoms with Crippen LogP contribution in [-0.4, -0.2) is 25.1 Å². The van der Waals surface area contributed by atoms with Crippen molar-refractivity contribution in [3.63, 3.8) is 0 Å². The van der Waals surface area contributed by atoms with E-state index < -0.39 is 6.10 Å². The molecule has 1 N–H and O–H groups in total. The van der Waals surface area contributed by atoms with E-state index in [0.717, 1.165) is 18.4 Å². The number of ether oxygens (including phenoxy) is 2. The third-order valence-corrected chi connectivity index (χ3v) is 2.79. The third kappa shape index (κ3) is 2.20. The fourth-order valence-electron chi connectivity index (χ4n) is 2.04. The van der Waals surface area contributed by atoms with Gasteiger partial charge in [0, 0.05) is 7.11 Å². The summed E-state index contributed by atoms with van der Waals surface area (Å²) in [6, 6.07) is 8.09. The van der Waals surface area contributed by atoms with E-state index in [1.54, 1.807) is 7.11 Å². The number of aliphatic hydroxyl groups is 1. The first-order chi connectivity index (χ1) is 7.33. The second-order valence-corrected chi connectivity index (χ2v) is 3.80. The fraction of sp³-hybridized carbons (Fsp3) is 0.500. The van der Waals surface area contributed by atoms with Crippen LogP contribution in [0, 0.1) is 0 Å². The molecule has 0 aromatic heterocycles. The van der Waals surface area contributed by atoms with Crippen LogP contribution in [0.4, 0.5) is 0 Å². The second-order valence-electron chi connectivity index (χ2n) is 3.80. The maximum Gasteiger partial charge on any atom is 0.147 e. The minimum atomic E-state index is -0.421. The van der Waals surface area contributed by atoms with Crippen LogP contribution in [0.25, 0.3) is 0 Å². The molecule has 0 spiro atoms. The van der Waals surface area contributed by atoms with E-state index in [9.17, 15) is 5.11 Å². The molecular weight excluding hydrogens is 192 g/mol. The lowest BCUT2D eigenvalue weighted by Gasteiger charge is -2.29. The molecule has 0 fully saturated rings. The smallest absolute Gasteiger partial charge is 0.147 e. The molecule has 1 aromatic carbocycles. The standard InChI is InChI=1S/C12H16O3/c1-14-8-15-12-10-5-3-2-4-9(10)6-7-11(12)13/h2-5,11-13H,6-8H2,1H3/t11-,12+/m0/s1. The van der Waals surface area contributed by atoms with Crippen molar-refractivity contribution in [3.8, 4) is 0 Å². The lowest BCUT2D eigenvalue weighted by atomic mass is 9.87. The zero-order valence-electron chi connectivity index (χ0n) is 8.85. The number of rotatable bonds is 3. The van der Waals surface area contributed by atoms with Crippen LogP contribution in [0.3, 0.4) is 0 Å². The lowest BCUT2D eigenvalue weighted by molar-refractivity contribution is -0.119. The predicted molar refractivity (Wildman–Crippen MR) is 56.5 cm³/mol. The van der Waals surface area contributed by atoms with Crippen LogP contribution in [0.15, 0.2) is 24.3 Å². The Labute approximate surface area is 89.6 Å². The van der Waals surface area contributed by atoms with E-state index in [4.69, 9.17) is 9.47 Å². The van der Waals surface area contributed by atoms with Crippen LogP contribution in [0.1, 0.15) is 23.7 Å². The first kappa shape index (κ1) is 10.6. The van der Waals surface area contributed by atoms with E-state index in [1.807, 2.05) is 18.2 Å². The highest BCUT2D eigenvalue weighted by Crippen LogP contribution is 2.32. The van der Waals surface area contributed by atoms with Gasteiger partial charge in [-0.25, -0.2) is 0 Å². The SMILES string of the molecule is COCO[C@@H]1c2ccccc2CC[C@@H]1O. The number of hydrogen-bond acceptors (Lipinski definition) is 3. The van der Waals surface area contributed by atoms with Crippen LogP contribution in [0.2, 0.25) is 0 Å². The zero-order valence-corrected chi connectivity index (χ0v) is 8.85. The molecule has 2 rings (SSSR count). The summed E-state index contributed by atoms with van der Waals surface area (Å²) in [4.78, 5) is 0. The molecule has 0 bridgehead atoms. The van der Waals surface area contributed by atoms with Crippen molar-refractivity contribution in [2.24, 2.45) is 0 Å². The lowest BCUT2D eigenvalue weighted by Crippen LogP contribution is -2.27. The summed E-state index contributed by atoms with van der Waals surface area (Å²) >= 11 is 0. The molecule has 2 atom stereocenters. The summed E-state index contributed by atoms with van der Waals surface area (Å²) in [5, 5.41) is 9.86. The van der Waals surface area contributed by atoms with Gasteiger partial charge in [0.25, 0.3) is 0 Å². The number of benzene rings is 1. The van der Waals surface area contributed by atoms with Gasteiger partial charge in [0.15, 0.2) is 0 Å². The Morgan fingerprint density at radius 3 is 3.00 bits per heavy atom. The number of methoxy groups -OCH3 is 1. The number of fused-ring (bicyclic) bond motifs is 1. The molecule has 1 aliphatic carbocycles. The van der Waals surface area contributed by atoms with Gasteiger partial charge in [-0.1, -0.05) is 24.3 Å². The molecule has 0 saturated carbocycles. The molecule has 0 radical (unpaired) electrons. The van der Waals surface area contributed by atoms with Crippen molar-refractivity contribution >= 4 is 0 Å². The average Bonchev–Trinajstić information content (AvgIpc) is 2.28. The van der Waals surface area contributed by atoms with Gasteiger partial charge in [0.05, 0.1) is 6.10 Å². The minimum absolute atomic E-state index is 0.218. The van der Waals surface area contributed by atoms with Crippen LogP contribution in [0.5, 0.6) is 0 Å². The van der Waals surface area contributed by atoms with Gasteiger partial charge >= 0.3 is 0 Å². The Morgan fingerprint density at radius 2 is 2.20 bits per heavy atom. The third-order valence-electron chi connectivity index (χ3n) is 2.79. The van der Waals surface area contributed by atoms with Gasteiger partial charge < -0.3 is 14.6 Å². The van der Waals surface area contributed by atoms with Gasteiger partial charge in [-0.3, -0.25) is 0 Å². The Balaban J connectivity index is 2.21. The predicted octanol–water partition coefficient (Wildman–Crippen LogP) is 1.66. The molecule has 82 valence electrons. The maximum atomic E-state index is 9.86. The van der Waals surface area contributed by atoms with E-state index in [1.165, 1.54) is 5.56 Å². The molecular formula is C12H16O3. The van der Waals surface area contributed by atoms with Gasteiger partial charge in [-0.2, -0.15) is 0 Å². The van der Waals surface area contributed by atoms with Gasteiger partial charge in [-0.05, 0) is 24.0 Å². The molecule has 3 heteroatoms. The van der Waals surface area contributed by atoms with Gasteiger partial charge in [-0.15, -0.1) is 0 Å². The van der Waals surface area contributed by atoms with E-state index >= 15 is 0 Å². The van der Waals surface area contributed by atoms with Crippen molar-refractivity contribution in [1.82, 2.24) is 0 Å². The molecule has 0 amide bonds. The highest BCUT2D eigenvalue weighted by Gasteiger charge is 2.28. The minimum Gasteiger partial charge on any atom is -0.390 e. The van der Waals surface area contributed by atoms with Crippen molar-refractivity contribution < 1.29 is 14.6 Å². The molecule has 0 saturated heterocycles. The fourth-order valence-corrected chi connectivity index (χ4v) is 2.04. The van der Waals surface area contributed by atoms with Gasteiger partial charge in [0.1, 0.15) is 12.9 Å². The van der Waals surface area contributed by atoms with E-state index in [2.05, 4.69) is 6.07 Å². The van der Waals surface area contributed by atoms with Crippen molar-refractivity contribution in [3.05, 3.63) is 35.4 Å². The Kier molecular flexibility index (Phi) is 3.36. The first-order valence-corrected chi connectivity index (χ1v) is 5.19.